The SMILES string of the molecule is CCCCCN(C)C(=O)C(N)C(=O)O. The van der Waals surface area contributed by atoms with Gasteiger partial charge in [0.2, 0.25) is 0 Å². The van der Waals surface area contributed by atoms with E-state index in [2.05, 4.69) is 6.92 Å². The molecule has 0 saturated heterocycles. The number of carboxylic acids is 1. The minimum atomic E-state index is -1.43. The smallest absolute Gasteiger partial charge is 0.330 e. The van der Waals surface area contributed by atoms with Crippen molar-refractivity contribution in [3.8, 4) is 0 Å². The Morgan fingerprint density at radius 2 is 2.00 bits per heavy atom. The minimum Gasteiger partial charge on any atom is -0.480 e. The van der Waals surface area contributed by atoms with Gasteiger partial charge in [0.25, 0.3) is 5.91 Å². The third kappa shape index (κ3) is 4.23. The van der Waals surface area contributed by atoms with Gasteiger partial charge in [-0.2, -0.15) is 0 Å². The molecule has 0 saturated carbocycles. The molecule has 1 atom stereocenters. The van der Waals surface area contributed by atoms with E-state index in [0.29, 0.717) is 6.54 Å². The zero-order valence-corrected chi connectivity index (χ0v) is 8.69. The fourth-order valence-corrected chi connectivity index (χ4v) is 1.05. The quantitative estimate of drug-likeness (QED) is 0.471. The minimum absolute atomic E-state index is 0.534. The van der Waals surface area contributed by atoms with Gasteiger partial charge >= 0.3 is 5.97 Å². The number of hydrogen-bond donors (Lipinski definition) is 2. The molecule has 1 amide bonds. The van der Waals surface area contributed by atoms with Crippen molar-refractivity contribution < 1.29 is 14.7 Å². The first-order chi connectivity index (χ1) is 6.50. The molecule has 0 bridgehead atoms. The van der Waals surface area contributed by atoms with Gasteiger partial charge in [-0.25, -0.2) is 4.79 Å². The van der Waals surface area contributed by atoms with E-state index in [1.165, 1.54) is 4.90 Å². The van der Waals surface area contributed by atoms with Crippen molar-refractivity contribution in [2.75, 3.05) is 13.6 Å². The molecular weight excluding hydrogens is 184 g/mol. The molecule has 0 aromatic carbocycles. The van der Waals surface area contributed by atoms with Crippen LogP contribution in [0.2, 0.25) is 0 Å². The molecule has 0 fully saturated rings. The number of nitrogens with two attached hydrogens (primary N) is 1. The van der Waals surface area contributed by atoms with Gasteiger partial charge in [0.1, 0.15) is 0 Å². The van der Waals surface area contributed by atoms with Crippen LogP contribution in [0.3, 0.4) is 0 Å². The van der Waals surface area contributed by atoms with E-state index in [1.54, 1.807) is 7.05 Å². The van der Waals surface area contributed by atoms with E-state index in [1.807, 2.05) is 0 Å². The first kappa shape index (κ1) is 12.9. The molecule has 14 heavy (non-hydrogen) atoms. The number of unbranched alkanes of at least 4 members (excludes halogenated alkanes) is 2. The lowest BCUT2D eigenvalue weighted by molar-refractivity contribution is -0.146. The molecule has 5 nitrogen and oxygen atoms in total. The van der Waals surface area contributed by atoms with Crippen molar-refractivity contribution in [3.05, 3.63) is 0 Å². The zero-order chi connectivity index (χ0) is 11.1. The summed E-state index contributed by atoms with van der Waals surface area (Å²) in [5, 5.41) is 8.50. The topological polar surface area (TPSA) is 83.6 Å². The first-order valence-corrected chi connectivity index (χ1v) is 4.74. The molecule has 3 N–H and O–H groups in total. The third-order valence-corrected chi connectivity index (χ3v) is 2.01. The summed E-state index contributed by atoms with van der Waals surface area (Å²) in [6, 6.07) is -1.43. The third-order valence-electron chi connectivity index (χ3n) is 2.01. The molecule has 0 aliphatic rings. The molecular formula is C9H18N2O3. The highest BCUT2D eigenvalue weighted by atomic mass is 16.4. The van der Waals surface area contributed by atoms with Crippen molar-refractivity contribution in [1.29, 1.82) is 0 Å². The summed E-state index contributed by atoms with van der Waals surface area (Å²) in [7, 11) is 1.57. The van der Waals surface area contributed by atoms with Crippen LogP contribution in [-0.2, 0) is 9.59 Å². The lowest BCUT2D eigenvalue weighted by Gasteiger charge is -2.18. The number of aliphatic carboxylic acids is 1. The van der Waals surface area contributed by atoms with Crippen molar-refractivity contribution in [1.82, 2.24) is 4.90 Å². The maximum atomic E-state index is 11.3. The molecule has 5 heteroatoms. The Bertz CT molecular complexity index is 206. The molecule has 0 aliphatic heterocycles. The predicted molar refractivity (Wildman–Crippen MR) is 52.8 cm³/mol. The van der Waals surface area contributed by atoms with E-state index in [0.717, 1.165) is 19.3 Å². The van der Waals surface area contributed by atoms with Crippen LogP contribution in [0.4, 0.5) is 0 Å². The van der Waals surface area contributed by atoms with E-state index in [-0.39, 0.29) is 0 Å². The molecule has 0 spiro atoms. The standard InChI is InChI=1S/C9H18N2O3/c1-3-4-5-6-11(2)8(12)7(10)9(13)14/h7H,3-6,10H2,1-2H3,(H,13,14). The van der Waals surface area contributed by atoms with Crippen LogP contribution in [0.5, 0.6) is 0 Å². The Morgan fingerprint density at radius 1 is 1.43 bits per heavy atom. The molecule has 82 valence electrons. The Labute approximate surface area is 83.9 Å². The summed E-state index contributed by atoms with van der Waals surface area (Å²) in [5.74, 6) is -1.81. The van der Waals surface area contributed by atoms with Crippen LogP contribution in [-0.4, -0.2) is 41.5 Å². The maximum Gasteiger partial charge on any atom is 0.330 e. The number of amides is 1. The number of rotatable bonds is 6. The second-order valence-corrected chi connectivity index (χ2v) is 3.28. The number of carboxylic acid groups (broad SMARTS) is 1. The second kappa shape index (κ2) is 6.37. The lowest BCUT2D eigenvalue weighted by Crippen LogP contribution is -2.46. The van der Waals surface area contributed by atoms with E-state index in [9.17, 15) is 9.59 Å². The van der Waals surface area contributed by atoms with Crippen molar-refractivity contribution in [3.63, 3.8) is 0 Å². The van der Waals surface area contributed by atoms with Gasteiger partial charge in [0, 0.05) is 13.6 Å². The summed E-state index contributed by atoms with van der Waals surface area (Å²) >= 11 is 0. The molecule has 0 heterocycles. The average Bonchev–Trinajstić information content (AvgIpc) is 2.15. The van der Waals surface area contributed by atoms with Crippen molar-refractivity contribution in [2.45, 2.75) is 32.2 Å². The van der Waals surface area contributed by atoms with E-state index >= 15 is 0 Å². The van der Waals surface area contributed by atoms with Gasteiger partial charge in [-0.1, -0.05) is 19.8 Å². The zero-order valence-electron chi connectivity index (χ0n) is 8.69. The maximum absolute atomic E-state index is 11.3. The summed E-state index contributed by atoms with van der Waals surface area (Å²) in [5.41, 5.74) is 5.17. The van der Waals surface area contributed by atoms with Crippen LogP contribution in [0.15, 0.2) is 0 Å². The monoisotopic (exact) mass is 202 g/mol. The van der Waals surface area contributed by atoms with Gasteiger partial charge in [-0.15, -0.1) is 0 Å². The van der Waals surface area contributed by atoms with Gasteiger partial charge < -0.3 is 15.7 Å². The Morgan fingerprint density at radius 3 is 2.43 bits per heavy atom. The number of carbonyl (C=O) groups is 2. The fourth-order valence-electron chi connectivity index (χ4n) is 1.05. The number of nitrogens with zero attached hydrogens (tertiary/aromatic N) is 1. The second-order valence-electron chi connectivity index (χ2n) is 3.28. The number of likely N-dealkylation sites (N-methyl/N-ethyl adjacent to an activating group) is 1. The van der Waals surface area contributed by atoms with Gasteiger partial charge in [-0.3, -0.25) is 4.79 Å². The summed E-state index contributed by atoms with van der Waals surface area (Å²) in [6.07, 6.45) is 2.97. The Kier molecular flexibility index (Phi) is 5.87. The van der Waals surface area contributed by atoms with Crippen molar-refractivity contribution in [2.24, 2.45) is 5.73 Å². The molecule has 0 aliphatic carbocycles. The lowest BCUT2D eigenvalue weighted by atomic mass is 10.2. The largest absolute Gasteiger partial charge is 0.480 e. The highest BCUT2D eigenvalue weighted by Gasteiger charge is 2.23. The molecule has 0 radical (unpaired) electrons. The highest BCUT2D eigenvalue weighted by molar-refractivity contribution is 6.00. The van der Waals surface area contributed by atoms with E-state index < -0.39 is 17.9 Å². The summed E-state index contributed by atoms with van der Waals surface area (Å²) in [6.45, 7) is 2.62. The van der Waals surface area contributed by atoms with Crippen LogP contribution < -0.4 is 5.73 Å². The predicted octanol–water partition coefficient (Wildman–Crippen LogP) is 0.0469. The molecule has 0 rings (SSSR count). The van der Waals surface area contributed by atoms with Gasteiger partial charge in [-0.05, 0) is 6.42 Å². The average molecular weight is 202 g/mol. The van der Waals surface area contributed by atoms with Gasteiger partial charge in [0.05, 0.1) is 0 Å². The fraction of sp³-hybridized carbons (Fsp3) is 0.778. The summed E-state index contributed by atoms with van der Waals surface area (Å²) in [4.78, 5) is 23.1. The van der Waals surface area contributed by atoms with Crippen molar-refractivity contribution >= 4 is 11.9 Å². The molecule has 0 aromatic rings. The molecule has 1 unspecified atom stereocenters. The normalized spacial score (nSPS) is 12.2. The molecule has 0 aromatic heterocycles. The number of hydrogen-bond acceptors (Lipinski definition) is 3. The van der Waals surface area contributed by atoms with E-state index in [4.69, 9.17) is 10.8 Å². The summed E-state index contributed by atoms with van der Waals surface area (Å²) < 4.78 is 0. The Balaban J connectivity index is 3.92. The first-order valence-electron chi connectivity index (χ1n) is 4.74. The van der Waals surface area contributed by atoms with Crippen LogP contribution >= 0.6 is 0 Å². The van der Waals surface area contributed by atoms with Crippen LogP contribution in [0.25, 0.3) is 0 Å². The number of carbonyl (C=O) groups excluding carboxylic acids is 1. The highest BCUT2D eigenvalue weighted by Crippen LogP contribution is 1.98. The van der Waals surface area contributed by atoms with Gasteiger partial charge in [0.15, 0.2) is 6.04 Å². The van der Waals surface area contributed by atoms with Crippen LogP contribution in [0.1, 0.15) is 26.2 Å². The van der Waals surface area contributed by atoms with Crippen LogP contribution in [0, 0.1) is 0 Å². The Hall–Kier alpha value is -1.10.